The highest BCUT2D eigenvalue weighted by Gasteiger charge is 2.25. The Morgan fingerprint density at radius 1 is 1.27 bits per heavy atom. The highest BCUT2D eigenvalue weighted by atomic mass is 35.5. The lowest BCUT2D eigenvalue weighted by atomic mass is 9.98. The predicted molar refractivity (Wildman–Crippen MR) is 56.5 cm³/mol. The molecule has 0 aromatic heterocycles. The first-order chi connectivity index (χ1) is 7.02. The minimum absolute atomic E-state index is 0.0888. The van der Waals surface area contributed by atoms with Crippen molar-refractivity contribution in [2.45, 2.75) is 26.7 Å². The van der Waals surface area contributed by atoms with Crippen LogP contribution < -0.4 is 4.74 Å². The fourth-order valence-corrected chi connectivity index (χ4v) is 2.06. The van der Waals surface area contributed by atoms with Gasteiger partial charge in [-0.15, -0.1) is 0 Å². The molecular formula is C11H11ClO3. The molecule has 0 unspecified atom stereocenters. The second kappa shape index (κ2) is 3.42. The summed E-state index contributed by atoms with van der Waals surface area (Å²) in [5, 5.41) is 10.0. The fraction of sp³-hybridized carbons (Fsp3) is 0.364. The zero-order chi connectivity index (χ0) is 11.2. The summed E-state index contributed by atoms with van der Waals surface area (Å²) in [6.07, 6.45) is 0.844. The molecule has 4 heteroatoms. The molecule has 1 aliphatic rings. The number of ether oxygens (including phenoxy) is 1. The number of fused-ring (bicyclic) bond motifs is 1. The Labute approximate surface area is 92.6 Å². The molecular weight excluding hydrogens is 216 g/mol. The normalized spacial score (nSPS) is 14.7. The van der Waals surface area contributed by atoms with Gasteiger partial charge in [0.2, 0.25) is 0 Å². The molecule has 0 saturated heterocycles. The van der Waals surface area contributed by atoms with E-state index >= 15 is 0 Å². The van der Waals surface area contributed by atoms with Crippen molar-refractivity contribution in [3.05, 3.63) is 21.7 Å². The van der Waals surface area contributed by atoms with Crippen LogP contribution in [0.25, 0.3) is 0 Å². The average Bonchev–Trinajstić information content (AvgIpc) is 2.23. The van der Waals surface area contributed by atoms with E-state index in [9.17, 15) is 9.90 Å². The first kappa shape index (κ1) is 10.3. The highest BCUT2D eigenvalue weighted by molar-refractivity contribution is 6.33. The van der Waals surface area contributed by atoms with Crippen LogP contribution >= 0.6 is 11.6 Å². The number of hydrogen-bond acceptors (Lipinski definition) is 3. The summed E-state index contributed by atoms with van der Waals surface area (Å²) in [6.45, 7) is 3.56. The molecule has 80 valence electrons. The number of benzene rings is 1. The molecule has 0 radical (unpaired) electrons. The maximum absolute atomic E-state index is 11.2. The Balaban J connectivity index is 2.70. The highest BCUT2D eigenvalue weighted by Crippen LogP contribution is 2.42. The fourth-order valence-electron chi connectivity index (χ4n) is 1.73. The minimum atomic E-state index is -0.244. The van der Waals surface area contributed by atoms with Crippen molar-refractivity contribution in [2.24, 2.45) is 0 Å². The van der Waals surface area contributed by atoms with Gasteiger partial charge >= 0.3 is 5.97 Å². The van der Waals surface area contributed by atoms with Gasteiger partial charge in [0.15, 0.2) is 0 Å². The van der Waals surface area contributed by atoms with Crippen LogP contribution in [0.4, 0.5) is 0 Å². The Bertz CT molecular complexity index is 452. The van der Waals surface area contributed by atoms with Crippen LogP contribution in [0.5, 0.6) is 11.5 Å². The molecule has 1 N–H and O–H groups in total. The van der Waals surface area contributed by atoms with Crippen molar-refractivity contribution >= 4 is 17.6 Å². The lowest BCUT2D eigenvalue weighted by molar-refractivity contribution is -0.135. The maximum Gasteiger partial charge on any atom is 0.311 e. The zero-order valence-electron chi connectivity index (χ0n) is 8.56. The predicted octanol–water partition coefficient (Wildman–Crippen LogP) is 2.51. The molecule has 15 heavy (non-hydrogen) atoms. The first-order valence-corrected chi connectivity index (χ1v) is 5.11. The van der Waals surface area contributed by atoms with E-state index in [-0.39, 0.29) is 11.7 Å². The molecule has 1 aliphatic heterocycles. The number of halogens is 1. The molecule has 0 atom stereocenters. The standard InChI is InChI=1S/C11H11ClO3/c1-5-6(2)11-7(9(12)10(5)14)3-4-8(13)15-11/h14H,3-4H2,1-2H3. The lowest BCUT2D eigenvalue weighted by Crippen LogP contribution is -2.17. The van der Waals surface area contributed by atoms with Crippen molar-refractivity contribution < 1.29 is 14.6 Å². The van der Waals surface area contributed by atoms with Crippen LogP contribution in [0.15, 0.2) is 0 Å². The van der Waals surface area contributed by atoms with Crippen LogP contribution in [-0.4, -0.2) is 11.1 Å². The number of hydrogen-bond donors (Lipinski definition) is 1. The first-order valence-electron chi connectivity index (χ1n) is 4.73. The average molecular weight is 227 g/mol. The SMILES string of the molecule is Cc1c(C)c2c(c(Cl)c1O)CCC(=O)O2. The molecule has 0 bridgehead atoms. The molecule has 1 heterocycles. The van der Waals surface area contributed by atoms with Crippen molar-refractivity contribution in [2.75, 3.05) is 0 Å². The van der Waals surface area contributed by atoms with Gasteiger partial charge in [-0.2, -0.15) is 0 Å². The summed E-state index contributed by atoms with van der Waals surface area (Å²) in [6, 6.07) is 0. The molecule has 0 aliphatic carbocycles. The smallest absolute Gasteiger partial charge is 0.311 e. The van der Waals surface area contributed by atoms with E-state index in [4.69, 9.17) is 16.3 Å². The van der Waals surface area contributed by atoms with Gasteiger partial charge in [0, 0.05) is 5.56 Å². The van der Waals surface area contributed by atoms with Crippen molar-refractivity contribution in [1.82, 2.24) is 0 Å². The number of phenolic OH excluding ortho intramolecular Hbond substituents is 1. The zero-order valence-corrected chi connectivity index (χ0v) is 9.31. The second-order valence-electron chi connectivity index (χ2n) is 3.69. The molecule has 0 spiro atoms. The quantitative estimate of drug-likeness (QED) is 0.546. The number of carbonyl (C=O) groups is 1. The van der Waals surface area contributed by atoms with Crippen LogP contribution in [-0.2, 0) is 11.2 Å². The molecule has 1 aromatic carbocycles. The molecule has 3 nitrogen and oxygen atoms in total. The molecule has 0 amide bonds. The van der Waals surface area contributed by atoms with Gasteiger partial charge in [0.05, 0.1) is 11.4 Å². The summed E-state index contributed by atoms with van der Waals surface area (Å²) in [5.74, 6) is 0.365. The molecule has 2 rings (SSSR count). The monoisotopic (exact) mass is 226 g/mol. The summed E-state index contributed by atoms with van der Waals surface area (Å²) in [4.78, 5) is 11.2. The number of phenols is 1. The van der Waals surface area contributed by atoms with E-state index in [0.717, 1.165) is 11.1 Å². The minimum Gasteiger partial charge on any atom is -0.506 e. The van der Waals surface area contributed by atoms with E-state index in [2.05, 4.69) is 0 Å². The van der Waals surface area contributed by atoms with Gasteiger partial charge in [-0.05, 0) is 31.4 Å². The van der Waals surface area contributed by atoms with E-state index in [1.54, 1.807) is 6.92 Å². The number of rotatable bonds is 0. The van der Waals surface area contributed by atoms with Crippen LogP contribution in [0, 0.1) is 13.8 Å². The summed E-state index contributed by atoms with van der Waals surface area (Å²) >= 11 is 5.99. The third-order valence-corrected chi connectivity index (χ3v) is 3.21. The largest absolute Gasteiger partial charge is 0.506 e. The van der Waals surface area contributed by atoms with Crippen LogP contribution in [0.2, 0.25) is 5.02 Å². The third kappa shape index (κ3) is 1.47. The summed E-state index contributed by atoms with van der Waals surface area (Å²) in [5.41, 5.74) is 2.17. The topological polar surface area (TPSA) is 46.5 Å². The van der Waals surface area contributed by atoms with Gasteiger partial charge in [0.1, 0.15) is 11.5 Å². The van der Waals surface area contributed by atoms with Crippen molar-refractivity contribution in [1.29, 1.82) is 0 Å². The number of aromatic hydroxyl groups is 1. The Hall–Kier alpha value is -1.22. The Morgan fingerprint density at radius 2 is 1.93 bits per heavy atom. The second-order valence-corrected chi connectivity index (χ2v) is 4.07. The van der Waals surface area contributed by atoms with E-state index in [1.807, 2.05) is 6.92 Å². The van der Waals surface area contributed by atoms with Gasteiger partial charge in [0.25, 0.3) is 0 Å². The van der Waals surface area contributed by atoms with Crippen LogP contribution in [0.3, 0.4) is 0 Å². The van der Waals surface area contributed by atoms with E-state index in [1.165, 1.54) is 0 Å². The van der Waals surface area contributed by atoms with E-state index in [0.29, 0.717) is 29.2 Å². The van der Waals surface area contributed by atoms with Gasteiger partial charge in [-0.3, -0.25) is 4.79 Å². The summed E-state index contributed by atoms with van der Waals surface area (Å²) in [7, 11) is 0. The number of carbonyl (C=O) groups excluding carboxylic acids is 1. The van der Waals surface area contributed by atoms with Crippen molar-refractivity contribution in [3.8, 4) is 11.5 Å². The van der Waals surface area contributed by atoms with Crippen molar-refractivity contribution in [3.63, 3.8) is 0 Å². The number of esters is 1. The van der Waals surface area contributed by atoms with Gasteiger partial charge < -0.3 is 9.84 Å². The van der Waals surface area contributed by atoms with Gasteiger partial charge in [-0.25, -0.2) is 0 Å². The molecule has 1 aromatic rings. The van der Waals surface area contributed by atoms with Gasteiger partial charge in [-0.1, -0.05) is 11.6 Å². The summed E-state index contributed by atoms with van der Waals surface area (Å²) < 4.78 is 5.14. The van der Waals surface area contributed by atoms with Crippen LogP contribution in [0.1, 0.15) is 23.1 Å². The Kier molecular flexibility index (Phi) is 2.35. The lowest BCUT2D eigenvalue weighted by Gasteiger charge is -2.21. The van der Waals surface area contributed by atoms with E-state index < -0.39 is 0 Å². The Morgan fingerprint density at radius 3 is 2.60 bits per heavy atom. The third-order valence-electron chi connectivity index (χ3n) is 2.80. The maximum atomic E-state index is 11.2. The molecule has 0 fully saturated rings. The molecule has 0 saturated carbocycles.